The maximum atomic E-state index is 13.5. The van der Waals surface area contributed by atoms with Crippen molar-refractivity contribution in [1.29, 1.82) is 0 Å². The highest BCUT2D eigenvalue weighted by molar-refractivity contribution is 5.91. The third-order valence-corrected chi connectivity index (χ3v) is 4.46. The summed E-state index contributed by atoms with van der Waals surface area (Å²) in [6.07, 6.45) is 0.0539. The summed E-state index contributed by atoms with van der Waals surface area (Å²) < 4.78 is 25.6. The molecule has 2 heterocycles. The number of aryl methyl sites for hydroxylation is 1. The Labute approximate surface area is 165 Å². The van der Waals surface area contributed by atoms with E-state index in [2.05, 4.69) is 10.1 Å². The van der Waals surface area contributed by atoms with E-state index in [1.807, 2.05) is 13.8 Å². The normalized spacial score (nSPS) is 11.3. The van der Waals surface area contributed by atoms with Gasteiger partial charge in [0.2, 0.25) is 5.82 Å². The average molecular weight is 395 g/mol. The van der Waals surface area contributed by atoms with Crippen LogP contribution >= 0.6 is 0 Å². The van der Waals surface area contributed by atoms with Crippen molar-refractivity contribution in [3.63, 3.8) is 0 Å². The van der Waals surface area contributed by atoms with Crippen LogP contribution in [0.2, 0.25) is 0 Å². The lowest BCUT2D eigenvalue weighted by molar-refractivity contribution is 0.242. The van der Waals surface area contributed by atoms with Gasteiger partial charge >= 0.3 is 0 Å². The fourth-order valence-electron chi connectivity index (χ4n) is 3.09. The second kappa shape index (κ2) is 7.05. The standard InChI is InChI=1S/C21H18FN3O4/c1-11(2)28-14-7-4-12(5-8-14)19-23-20(29-24-19)17-18(26)15-9-6-13(22)10-16(15)25(3)21(17)27/h4-11,26H,1-3H3. The van der Waals surface area contributed by atoms with Gasteiger partial charge in [-0.3, -0.25) is 4.79 Å². The largest absolute Gasteiger partial charge is 0.506 e. The summed E-state index contributed by atoms with van der Waals surface area (Å²) in [7, 11) is 1.48. The molecule has 0 saturated carbocycles. The van der Waals surface area contributed by atoms with Crippen LogP contribution in [0.15, 0.2) is 51.8 Å². The molecule has 0 amide bonds. The number of fused-ring (bicyclic) bond motifs is 1. The topological polar surface area (TPSA) is 90.4 Å². The summed E-state index contributed by atoms with van der Waals surface area (Å²) in [5.74, 6) is 0.00734. The van der Waals surface area contributed by atoms with Crippen LogP contribution in [0.1, 0.15) is 13.8 Å². The highest BCUT2D eigenvalue weighted by atomic mass is 19.1. The van der Waals surface area contributed by atoms with E-state index in [0.717, 1.165) is 0 Å². The molecular weight excluding hydrogens is 377 g/mol. The molecule has 0 bridgehead atoms. The van der Waals surface area contributed by atoms with Crippen molar-refractivity contribution >= 4 is 10.9 Å². The van der Waals surface area contributed by atoms with Gasteiger partial charge in [-0.1, -0.05) is 5.16 Å². The van der Waals surface area contributed by atoms with Crippen LogP contribution < -0.4 is 10.3 Å². The molecule has 4 aromatic rings. The van der Waals surface area contributed by atoms with Gasteiger partial charge in [0.25, 0.3) is 11.4 Å². The molecule has 2 aromatic heterocycles. The van der Waals surface area contributed by atoms with Gasteiger partial charge in [0.05, 0.1) is 11.6 Å². The summed E-state index contributed by atoms with van der Waals surface area (Å²) in [5, 5.41) is 14.8. The molecule has 0 aliphatic rings. The molecule has 0 fully saturated rings. The van der Waals surface area contributed by atoms with Gasteiger partial charge in [0, 0.05) is 18.0 Å². The van der Waals surface area contributed by atoms with E-state index < -0.39 is 11.4 Å². The minimum Gasteiger partial charge on any atom is -0.506 e. The number of ether oxygens (including phenoxy) is 1. The Morgan fingerprint density at radius 1 is 1.17 bits per heavy atom. The summed E-state index contributed by atoms with van der Waals surface area (Å²) in [6.45, 7) is 3.87. The van der Waals surface area contributed by atoms with Crippen LogP contribution in [-0.4, -0.2) is 25.9 Å². The lowest BCUT2D eigenvalue weighted by Gasteiger charge is -2.09. The Bertz CT molecular complexity index is 1260. The molecule has 0 aliphatic carbocycles. The van der Waals surface area contributed by atoms with E-state index in [4.69, 9.17) is 9.26 Å². The van der Waals surface area contributed by atoms with Crippen molar-refractivity contribution in [3.8, 4) is 34.3 Å². The van der Waals surface area contributed by atoms with Crippen LogP contribution in [0, 0.1) is 5.82 Å². The smallest absolute Gasteiger partial charge is 0.267 e. The van der Waals surface area contributed by atoms with E-state index in [1.165, 1.54) is 29.8 Å². The number of hydrogen-bond acceptors (Lipinski definition) is 6. The molecule has 8 heteroatoms. The zero-order chi connectivity index (χ0) is 20.7. The quantitative estimate of drug-likeness (QED) is 0.564. The predicted octanol–water partition coefficient (Wildman–Crippen LogP) is 3.89. The molecule has 148 valence electrons. The van der Waals surface area contributed by atoms with Crippen molar-refractivity contribution in [3.05, 3.63) is 58.6 Å². The number of aromatic nitrogens is 3. The first kappa shape index (κ1) is 18.7. The Morgan fingerprint density at radius 3 is 2.59 bits per heavy atom. The Kier molecular flexibility index (Phi) is 4.54. The number of nitrogens with zero attached hydrogens (tertiary/aromatic N) is 3. The SMILES string of the molecule is CC(C)Oc1ccc(-c2noc(-c3c(O)c4ccc(F)cc4n(C)c3=O)n2)cc1. The highest BCUT2D eigenvalue weighted by Gasteiger charge is 2.22. The van der Waals surface area contributed by atoms with Gasteiger partial charge in [-0.2, -0.15) is 4.98 Å². The van der Waals surface area contributed by atoms with Crippen molar-refractivity contribution in [1.82, 2.24) is 14.7 Å². The fraction of sp³-hybridized carbons (Fsp3) is 0.190. The molecule has 2 aromatic carbocycles. The van der Waals surface area contributed by atoms with Crippen LogP contribution in [0.4, 0.5) is 4.39 Å². The lowest BCUT2D eigenvalue weighted by atomic mass is 10.1. The van der Waals surface area contributed by atoms with Gasteiger partial charge in [0.1, 0.15) is 22.9 Å². The molecule has 0 radical (unpaired) electrons. The van der Waals surface area contributed by atoms with Gasteiger partial charge < -0.3 is 18.9 Å². The number of halogens is 1. The number of aromatic hydroxyl groups is 1. The second-order valence-corrected chi connectivity index (χ2v) is 6.86. The summed E-state index contributed by atoms with van der Waals surface area (Å²) >= 11 is 0. The minimum absolute atomic E-state index is 0.0539. The van der Waals surface area contributed by atoms with Gasteiger partial charge in [-0.15, -0.1) is 0 Å². The summed E-state index contributed by atoms with van der Waals surface area (Å²) in [4.78, 5) is 17.0. The molecule has 1 N–H and O–H groups in total. The van der Waals surface area contributed by atoms with Crippen molar-refractivity contribution in [2.24, 2.45) is 7.05 Å². The van der Waals surface area contributed by atoms with Crippen LogP contribution in [0.25, 0.3) is 33.7 Å². The van der Waals surface area contributed by atoms with E-state index in [0.29, 0.717) is 16.7 Å². The Balaban J connectivity index is 1.78. The van der Waals surface area contributed by atoms with E-state index in [9.17, 15) is 14.3 Å². The number of benzene rings is 2. The zero-order valence-corrected chi connectivity index (χ0v) is 16.0. The van der Waals surface area contributed by atoms with Gasteiger partial charge in [0.15, 0.2) is 0 Å². The monoisotopic (exact) mass is 395 g/mol. The predicted molar refractivity (Wildman–Crippen MR) is 105 cm³/mol. The first-order chi connectivity index (χ1) is 13.8. The Hall–Kier alpha value is -3.68. The third-order valence-electron chi connectivity index (χ3n) is 4.46. The zero-order valence-electron chi connectivity index (χ0n) is 16.0. The molecule has 0 atom stereocenters. The van der Waals surface area contributed by atoms with E-state index in [-0.39, 0.29) is 34.6 Å². The molecule has 0 aliphatic heterocycles. The number of rotatable bonds is 4. The average Bonchev–Trinajstić information content (AvgIpc) is 3.16. The maximum Gasteiger partial charge on any atom is 0.267 e. The third kappa shape index (κ3) is 3.33. The first-order valence-corrected chi connectivity index (χ1v) is 8.97. The molecule has 0 spiro atoms. The van der Waals surface area contributed by atoms with E-state index in [1.54, 1.807) is 24.3 Å². The van der Waals surface area contributed by atoms with Gasteiger partial charge in [-0.25, -0.2) is 4.39 Å². The molecule has 0 unspecified atom stereocenters. The fourth-order valence-corrected chi connectivity index (χ4v) is 3.09. The molecule has 29 heavy (non-hydrogen) atoms. The van der Waals surface area contributed by atoms with Crippen LogP contribution in [0.3, 0.4) is 0 Å². The van der Waals surface area contributed by atoms with Gasteiger partial charge in [-0.05, 0) is 56.3 Å². The maximum absolute atomic E-state index is 13.5. The Morgan fingerprint density at radius 2 is 1.90 bits per heavy atom. The van der Waals surface area contributed by atoms with Crippen LogP contribution in [0.5, 0.6) is 11.5 Å². The molecule has 7 nitrogen and oxygen atoms in total. The first-order valence-electron chi connectivity index (χ1n) is 8.97. The number of hydrogen-bond donors (Lipinski definition) is 1. The second-order valence-electron chi connectivity index (χ2n) is 6.86. The van der Waals surface area contributed by atoms with Crippen molar-refractivity contribution in [2.45, 2.75) is 20.0 Å². The molecule has 0 saturated heterocycles. The lowest BCUT2D eigenvalue weighted by Crippen LogP contribution is -2.19. The molecule has 4 rings (SSSR count). The molecular formula is C21H18FN3O4. The van der Waals surface area contributed by atoms with Crippen molar-refractivity contribution < 1.29 is 18.8 Å². The summed E-state index contributed by atoms with van der Waals surface area (Å²) in [5.41, 5.74) is 0.216. The summed E-state index contributed by atoms with van der Waals surface area (Å²) in [6, 6.07) is 10.9. The minimum atomic E-state index is -0.573. The number of pyridine rings is 1. The van der Waals surface area contributed by atoms with Crippen LogP contribution in [-0.2, 0) is 7.05 Å². The van der Waals surface area contributed by atoms with E-state index >= 15 is 0 Å². The van der Waals surface area contributed by atoms with Crippen molar-refractivity contribution in [2.75, 3.05) is 0 Å². The highest BCUT2D eigenvalue weighted by Crippen LogP contribution is 2.33.